The summed E-state index contributed by atoms with van der Waals surface area (Å²) in [6.45, 7) is 4.12. The monoisotopic (exact) mass is 552 g/mol. The smallest absolute Gasteiger partial charge is 0.319 e. The Bertz CT molecular complexity index is 1110. The third-order valence-electron chi connectivity index (χ3n) is 9.77. The van der Waals surface area contributed by atoms with Gasteiger partial charge in [0.05, 0.1) is 19.6 Å². The highest BCUT2D eigenvalue weighted by atomic mass is 32.2. The molecule has 4 fully saturated rings. The predicted octanol–water partition coefficient (Wildman–Crippen LogP) is 3.82. The fraction of sp³-hybridized carbons (Fsp3) is 0.714. The van der Waals surface area contributed by atoms with E-state index in [4.69, 9.17) is 9.47 Å². The highest BCUT2D eigenvalue weighted by Gasteiger charge is 2.67. The van der Waals surface area contributed by atoms with Crippen LogP contribution in [0.3, 0.4) is 0 Å². The molecule has 0 aromatic carbocycles. The van der Waals surface area contributed by atoms with Crippen LogP contribution in [0.2, 0.25) is 0 Å². The first kappa shape index (κ1) is 27.5. The van der Waals surface area contributed by atoms with Gasteiger partial charge in [0.15, 0.2) is 5.78 Å². The Morgan fingerprint density at radius 2 is 2.00 bits per heavy atom. The molecule has 1 unspecified atom stereocenters. The van der Waals surface area contributed by atoms with Crippen LogP contribution in [0.15, 0.2) is 23.8 Å². The quantitative estimate of drug-likeness (QED) is 0.496. The number of thioether (sulfide) groups is 1. The van der Waals surface area contributed by atoms with Gasteiger partial charge in [-0.15, -0.1) is 0 Å². The molecule has 3 saturated carbocycles. The molecule has 1 saturated heterocycles. The zero-order valence-corrected chi connectivity index (χ0v) is 22.4. The lowest BCUT2D eigenvalue weighted by Crippen LogP contribution is -2.61. The summed E-state index contributed by atoms with van der Waals surface area (Å²) in [7, 11) is 0. The molecule has 10 heteroatoms. The van der Waals surface area contributed by atoms with Crippen molar-refractivity contribution in [2.75, 3.05) is 13.2 Å². The van der Waals surface area contributed by atoms with E-state index in [-0.39, 0.29) is 54.7 Å². The zero-order chi connectivity index (χ0) is 27.5. The number of aliphatic hydroxyl groups is 1. The van der Waals surface area contributed by atoms with Crippen molar-refractivity contribution in [3.05, 3.63) is 23.8 Å². The fourth-order valence-corrected chi connectivity index (χ4v) is 8.62. The van der Waals surface area contributed by atoms with Crippen LogP contribution in [0.4, 0.5) is 8.78 Å². The number of ether oxygens (including phenoxy) is 2. The summed E-state index contributed by atoms with van der Waals surface area (Å²) < 4.78 is 42.5. The molecule has 0 amide bonds. The average molecular weight is 553 g/mol. The summed E-state index contributed by atoms with van der Waals surface area (Å²) in [5.41, 5.74) is -2.80. The maximum Gasteiger partial charge on any atom is 0.319 e. The number of halogens is 2. The summed E-state index contributed by atoms with van der Waals surface area (Å²) in [6, 6.07) is 0. The van der Waals surface area contributed by atoms with Gasteiger partial charge in [-0.05, 0) is 74.0 Å². The molecular weight excluding hydrogens is 518 g/mol. The Labute approximate surface area is 224 Å². The van der Waals surface area contributed by atoms with E-state index in [1.165, 1.54) is 12.2 Å². The van der Waals surface area contributed by atoms with Gasteiger partial charge < -0.3 is 14.6 Å². The van der Waals surface area contributed by atoms with Crippen LogP contribution in [0, 0.1) is 28.6 Å². The SMILES string of the molecule is C[C@]12CC[C@@]3(F)[C@@H](C[C@H](F)C4=CC(=O)C=C[C@@]43C)[C@@H]1C[C@@H](COC(=O)CC(O)C(=O)S[C@H]1CCOC1=O)C2. The van der Waals surface area contributed by atoms with Crippen LogP contribution in [-0.4, -0.2) is 64.4 Å². The van der Waals surface area contributed by atoms with E-state index in [0.29, 0.717) is 37.4 Å². The van der Waals surface area contributed by atoms with Crippen molar-refractivity contribution >= 4 is 34.6 Å². The Hall–Kier alpha value is -2.07. The molecule has 208 valence electrons. The van der Waals surface area contributed by atoms with Crippen molar-refractivity contribution in [2.45, 2.75) is 82.0 Å². The number of carbonyl (C=O) groups is 4. The number of fused-ring (bicyclic) bond motifs is 5. The second-order valence-electron chi connectivity index (χ2n) is 12.1. The molecule has 0 aromatic heterocycles. The third-order valence-corrected chi connectivity index (χ3v) is 11.0. The number of cyclic esters (lactones) is 1. The van der Waals surface area contributed by atoms with E-state index in [0.717, 1.165) is 0 Å². The molecule has 5 rings (SSSR count). The maximum atomic E-state index is 16.9. The van der Waals surface area contributed by atoms with Gasteiger partial charge in [-0.1, -0.05) is 24.8 Å². The van der Waals surface area contributed by atoms with Crippen LogP contribution in [-0.2, 0) is 28.7 Å². The molecule has 4 aliphatic carbocycles. The molecular formula is C28H34F2O7S. The number of carbonyl (C=O) groups excluding carboxylic acids is 4. The van der Waals surface area contributed by atoms with Crippen molar-refractivity contribution in [2.24, 2.45) is 28.6 Å². The van der Waals surface area contributed by atoms with E-state index in [2.05, 4.69) is 6.92 Å². The molecule has 7 nitrogen and oxygen atoms in total. The van der Waals surface area contributed by atoms with Crippen molar-refractivity contribution in [1.82, 2.24) is 0 Å². The van der Waals surface area contributed by atoms with E-state index in [1.54, 1.807) is 13.0 Å². The summed E-state index contributed by atoms with van der Waals surface area (Å²) in [4.78, 5) is 48.0. The number of allylic oxidation sites excluding steroid dienone is 4. The summed E-state index contributed by atoms with van der Waals surface area (Å²) in [5, 5.41) is 8.78. The standard InChI is InChI=1S/C28H34F2O7S/c1-26-6-7-28(30)18(11-20(29)19-10-16(31)3-5-27(19,28)2)17(26)9-15(13-26)14-37-23(33)12-21(32)25(35)38-22-4-8-36-24(22)34/h3,5,10,15,17-18,20-22,32H,4,6-9,11-14H2,1-2H3/t15-,17+,18+,20+,21?,22+,26-,27+,28-/m1/s1. The van der Waals surface area contributed by atoms with Crippen LogP contribution < -0.4 is 0 Å². The Morgan fingerprint density at radius 1 is 1.24 bits per heavy atom. The van der Waals surface area contributed by atoms with Crippen molar-refractivity contribution in [1.29, 1.82) is 0 Å². The third kappa shape index (κ3) is 4.55. The number of alkyl halides is 2. The lowest BCUT2D eigenvalue weighted by Gasteiger charge is -2.60. The number of esters is 2. The van der Waals surface area contributed by atoms with Gasteiger partial charge in [-0.2, -0.15) is 0 Å². The van der Waals surface area contributed by atoms with Gasteiger partial charge in [-0.25, -0.2) is 8.78 Å². The van der Waals surface area contributed by atoms with Crippen LogP contribution in [0.1, 0.15) is 58.8 Å². The number of rotatable bonds is 6. The summed E-state index contributed by atoms with van der Waals surface area (Å²) in [5.74, 6) is -2.19. The van der Waals surface area contributed by atoms with Crippen LogP contribution in [0.25, 0.3) is 0 Å². The molecule has 1 aliphatic heterocycles. The largest absolute Gasteiger partial charge is 0.465 e. The number of hydrogen-bond acceptors (Lipinski definition) is 8. The minimum atomic E-state index is -1.66. The Morgan fingerprint density at radius 3 is 2.71 bits per heavy atom. The Balaban J connectivity index is 1.19. The Kier molecular flexibility index (Phi) is 7.12. The predicted molar refractivity (Wildman–Crippen MR) is 134 cm³/mol. The number of ketones is 1. The van der Waals surface area contributed by atoms with Crippen molar-refractivity contribution in [3.63, 3.8) is 0 Å². The van der Waals surface area contributed by atoms with E-state index in [1.807, 2.05) is 0 Å². The molecule has 0 radical (unpaired) electrons. The molecule has 5 aliphatic rings. The first-order valence-corrected chi connectivity index (χ1v) is 14.2. The van der Waals surface area contributed by atoms with Gasteiger partial charge >= 0.3 is 11.9 Å². The lowest BCUT2D eigenvalue weighted by molar-refractivity contribution is -0.148. The zero-order valence-electron chi connectivity index (χ0n) is 21.6. The van der Waals surface area contributed by atoms with Gasteiger partial charge in [-0.3, -0.25) is 19.2 Å². The molecule has 1 heterocycles. The van der Waals surface area contributed by atoms with Gasteiger partial charge in [0.25, 0.3) is 0 Å². The van der Waals surface area contributed by atoms with Gasteiger partial charge in [0.1, 0.15) is 23.2 Å². The second-order valence-corrected chi connectivity index (χ2v) is 13.3. The highest BCUT2D eigenvalue weighted by Crippen LogP contribution is 2.68. The number of aliphatic hydroxyl groups excluding tert-OH is 1. The van der Waals surface area contributed by atoms with Crippen LogP contribution >= 0.6 is 11.8 Å². The first-order valence-electron chi connectivity index (χ1n) is 13.4. The maximum absolute atomic E-state index is 16.9. The molecule has 0 aromatic rings. The highest BCUT2D eigenvalue weighted by molar-refractivity contribution is 8.14. The number of hydrogen-bond donors (Lipinski definition) is 1. The second kappa shape index (κ2) is 9.84. The molecule has 0 spiro atoms. The molecule has 38 heavy (non-hydrogen) atoms. The molecule has 9 atom stereocenters. The summed E-state index contributed by atoms with van der Waals surface area (Å²) in [6.07, 6.45) is 3.29. The van der Waals surface area contributed by atoms with E-state index < -0.39 is 58.0 Å². The normalized spacial score (nSPS) is 42.4. The molecule has 0 bridgehead atoms. The average Bonchev–Trinajstić information content (AvgIpc) is 3.42. The van der Waals surface area contributed by atoms with E-state index in [9.17, 15) is 24.3 Å². The van der Waals surface area contributed by atoms with Crippen molar-refractivity contribution in [3.8, 4) is 0 Å². The minimum absolute atomic E-state index is 0.0340. The fourth-order valence-electron chi connectivity index (χ4n) is 7.72. The van der Waals surface area contributed by atoms with Gasteiger partial charge in [0, 0.05) is 17.8 Å². The van der Waals surface area contributed by atoms with Crippen molar-refractivity contribution < 1.29 is 42.5 Å². The van der Waals surface area contributed by atoms with Crippen LogP contribution in [0.5, 0.6) is 0 Å². The first-order chi connectivity index (χ1) is 17.9. The van der Waals surface area contributed by atoms with Gasteiger partial charge in [0.2, 0.25) is 5.12 Å². The summed E-state index contributed by atoms with van der Waals surface area (Å²) >= 11 is 0.675. The minimum Gasteiger partial charge on any atom is -0.465 e. The lowest BCUT2D eigenvalue weighted by atomic mass is 9.46. The topological polar surface area (TPSA) is 107 Å². The van der Waals surface area contributed by atoms with E-state index >= 15 is 8.78 Å². The molecule has 1 N–H and O–H groups in total.